The average Bonchev–Trinajstić information content (AvgIpc) is 3.32. The van der Waals surface area contributed by atoms with Crippen LogP contribution in [0.3, 0.4) is 0 Å². The lowest BCUT2D eigenvalue weighted by Gasteiger charge is -2.47. The summed E-state index contributed by atoms with van der Waals surface area (Å²) in [6, 6.07) is 24.1. The van der Waals surface area contributed by atoms with E-state index in [0.717, 1.165) is 73.9 Å². The predicted octanol–water partition coefficient (Wildman–Crippen LogP) is 6.82. The quantitative estimate of drug-likeness (QED) is 0.204. The van der Waals surface area contributed by atoms with Gasteiger partial charge >= 0.3 is 0 Å². The fraction of sp³-hybridized carbons (Fsp3) is 0.463. The van der Waals surface area contributed by atoms with Crippen molar-refractivity contribution in [2.24, 2.45) is 17.1 Å². The molecule has 4 aliphatic rings. The van der Waals surface area contributed by atoms with Gasteiger partial charge in [0, 0.05) is 29.0 Å². The molecule has 3 aliphatic carbocycles. The minimum atomic E-state index is -0.965. The molecule has 6 nitrogen and oxygen atoms in total. The van der Waals surface area contributed by atoms with Crippen LogP contribution in [0.25, 0.3) is 11.1 Å². The number of rotatable bonds is 6. The summed E-state index contributed by atoms with van der Waals surface area (Å²) >= 11 is 0. The van der Waals surface area contributed by atoms with Crippen LogP contribution >= 0.6 is 0 Å². The van der Waals surface area contributed by atoms with Crippen LogP contribution in [0.4, 0.5) is 0 Å². The third kappa shape index (κ3) is 6.87. The molecular weight excluding hydrogens is 584 g/mol. The maximum atomic E-state index is 14.8. The summed E-state index contributed by atoms with van der Waals surface area (Å²) in [5, 5.41) is 23.7. The second kappa shape index (κ2) is 13.9. The number of likely N-dealkylation sites (tertiary alicyclic amines) is 1. The molecule has 3 aromatic carbocycles. The standard InChI is InChI=1S/C41H50N2O4/c1-28-9-8-21-40(2)37(18-22-41(40,47)27-43-23-19-31(20-24-43)39(42)46)34-17-15-29(25-32(44)16-14-28)26-36(34)38(45)35-13-7-6-12-33(35)30-10-4-3-5-11-30/h3-7,9-13,15,17,26,31-32,37,44,47H,8,14,16,18-25,27H2,1-2H3,(H2,42,46)/t32-,37-,40-,41+/m0/s1. The number of carbonyl (C=O) groups excluding carboxylic acids is 2. The van der Waals surface area contributed by atoms with Gasteiger partial charge in [0.1, 0.15) is 0 Å². The minimum absolute atomic E-state index is 0.0232. The number of hydrogen-bond donors (Lipinski definition) is 3. The first-order chi connectivity index (χ1) is 22.6. The Balaban J connectivity index is 1.42. The van der Waals surface area contributed by atoms with E-state index in [0.29, 0.717) is 36.9 Å². The van der Waals surface area contributed by atoms with Crippen molar-refractivity contribution in [1.29, 1.82) is 0 Å². The summed E-state index contributed by atoms with van der Waals surface area (Å²) in [7, 11) is 0. The Labute approximate surface area is 279 Å². The van der Waals surface area contributed by atoms with Crippen molar-refractivity contribution in [3.8, 4) is 11.1 Å². The van der Waals surface area contributed by atoms with Gasteiger partial charge in [0.25, 0.3) is 0 Å². The average molecular weight is 635 g/mol. The molecule has 1 heterocycles. The maximum Gasteiger partial charge on any atom is 0.220 e. The molecule has 2 fully saturated rings. The molecule has 4 atom stereocenters. The van der Waals surface area contributed by atoms with Gasteiger partial charge < -0.3 is 20.8 Å². The summed E-state index contributed by atoms with van der Waals surface area (Å²) < 4.78 is 0. The zero-order valence-electron chi connectivity index (χ0n) is 28.0. The Hall–Kier alpha value is -3.58. The van der Waals surface area contributed by atoms with Gasteiger partial charge in [0.15, 0.2) is 5.78 Å². The van der Waals surface area contributed by atoms with E-state index in [9.17, 15) is 19.8 Å². The molecule has 6 heteroatoms. The van der Waals surface area contributed by atoms with Crippen LogP contribution in [0.1, 0.15) is 98.2 Å². The van der Waals surface area contributed by atoms with Crippen LogP contribution in [0, 0.1) is 11.3 Å². The number of fused-ring (bicyclic) bond motifs is 8. The number of amides is 1. The van der Waals surface area contributed by atoms with Crippen LogP contribution in [-0.2, 0) is 11.2 Å². The van der Waals surface area contributed by atoms with Crippen LogP contribution in [0.2, 0.25) is 0 Å². The first kappa shape index (κ1) is 33.3. The van der Waals surface area contributed by atoms with Gasteiger partial charge in [-0.25, -0.2) is 0 Å². The van der Waals surface area contributed by atoms with E-state index < -0.39 is 17.1 Å². The number of aliphatic hydroxyl groups excluding tert-OH is 1. The van der Waals surface area contributed by atoms with Crippen LogP contribution in [0.15, 0.2) is 84.4 Å². The molecule has 2 bridgehead atoms. The number of β-amino-alcohol motifs (C(OH)–C–C–N with tert-alkyl or cyclic N) is 1. The number of nitrogens with zero attached hydrogens (tertiary/aromatic N) is 1. The van der Waals surface area contributed by atoms with Crippen molar-refractivity contribution in [3.05, 3.63) is 107 Å². The number of allylic oxidation sites excluding steroid dienone is 2. The van der Waals surface area contributed by atoms with E-state index in [2.05, 4.69) is 37.0 Å². The Morgan fingerprint density at radius 3 is 2.38 bits per heavy atom. The highest BCUT2D eigenvalue weighted by atomic mass is 16.3. The molecule has 0 unspecified atom stereocenters. The number of benzene rings is 3. The summed E-state index contributed by atoms with van der Waals surface area (Å²) in [4.78, 5) is 28.9. The summed E-state index contributed by atoms with van der Waals surface area (Å²) in [5.41, 5.74) is 10.6. The second-order valence-electron chi connectivity index (χ2n) is 14.6. The zero-order chi connectivity index (χ0) is 33.2. The molecule has 1 aliphatic heterocycles. The lowest BCUT2D eigenvalue weighted by molar-refractivity contribution is -0.124. The Morgan fingerprint density at radius 1 is 0.915 bits per heavy atom. The van der Waals surface area contributed by atoms with E-state index in [-0.39, 0.29) is 23.5 Å². The molecule has 248 valence electrons. The molecule has 1 saturated heterocycles. The minimum Gasteiger partial charge on any atom is -0.393 e. The van der Waals surface area contributed by atoms with Gasteiger partial charge in [0.05, 0.1) is 11.7 Å². The van der Waals surface area contributed by atoms with Crippen LogP contribution in [-0.4, -0.2) is 58.1 Å². The van der Waals surface area contributed by atoms with Gasteiger partial charge in [-0.3, -0.25) is 9.59 Å². The van der Waals surface area contributed by atoms with Gasteiger partial charge in [-0.05, 0) is 112 Å². The maximum absolute atomic E-state index is 14.8. The van der Waals surface area contributed by atoms with Crippen molar-refractivity contribution in [1.82, 2.24) is 4.90 Å². The first-order valence-corrected chi connectivity index (χ1v) is 17.5. The monoisotopic (exact) mass is 634 g/mol. The van der Waals surface area contributed by atoms with E-state index in [4.69, 9.17) is 5.73 Å². The fourth-order valence-corrected chi connectivity index (χ4v) is 8.64. The number of aliphatic hydroxyl groups is 2. The molecule has 7 rings (SSSR count). The molecule has 0 radical (unpaired) electrons. The normalized spacial score (nSPS) is 27.5. The lowest BCUT2D eigenvalue weighted by atomic mass is 9.64. The Bertz CT molecular complexity index is 1630. The highest BCUT2D eigenvalue weighted by Crippen LogP contribution is 2.59. The summed E-state index contributed by atoms with van der Waals surface area (Å²) in [5.74, 6) is -0.384. The SMILES string of the molecule is CC1=CCC[C@@]2(C)[C@@H](CC[C@@]2(O)CN2CCC(C(N)=O)CC2)c2ccc(cc2C(=O)c2ccccc2-c2ccccc2)C[C@@H](O)CC1. The molecule has 1 saturated carbocycles. The largest absolute Gasteiger partial charge is 0.393 e. The second-order valence-corrected chi connectivity index (χ2v) is 14.6. The highest BCUT2D eigenvalue weighted by molar-refractivity contribution is 6.13. The molecule has 0 aromatic heterocycles. The number of piperidine rings is 1. The van der Waals surface area contributed by atoms with Gasteiger partial charge in [-0.15, -0.1) is 0 Å². The van der Waals surface area contributed by atoms with Crippen molar-refractivity contribution in [2.45, 2.75) is 89.3 Å². The zero-order valence-corrected chi connectivity index (χ0v) is 28.0. The van der Waals surface area contributed by atoms with Crippen molar-refractivity contribution < 1.29 is 19.8 Å². The lowest BCUT2D eigenvalue weighted by Crippen LogP contribution is -2.54. The summed E-state index contributed by atoms with van der Waals surface area (Å²) in [6.07, 6.45) is 8.21. The van der Waals surface area contributed by atoms with E-state index >= 15 is 0 Å². The molecular formula is C41H50N2O4. The molecule has 47 heavy (non-hydrogen) atoms. The van der Waals surface area contributed by atoms with Crippen LogP contribution in [0.5, 0.6) is 0 Å². The number of hydrogen-bond acceptors (Lipinski definition) is 5. The van der Waals surface area contributed by atoms with E-state index in [1.807, 2.05) is 60.7 Å². The highest BCUT2D eigenvalue weighted by Gasteiger charge is 2.57. The van der Waals surface area contributed by atoms with E-state index in [1.165, 1.54) is 5.57 Å². The first-order valence-electron chi connectivity index (χ1n) is 17.5. The molecule has 1 amide bonds. The van der Waals surface area contributed by atoms with Crippen molar-refractivity contribution in [3.63, 3.8) is 0 Å². The molecule has 0 spiro atoms. The Morgan fingerprint density at radius 2 is 1.64 bits per heavy atom. The smallest absolute Gasteiger partial charge is 0.220 e. The van der Waals surface area contributed by atoms with Gasteiger partial charge in [0.2, 0.25) is 5.91 Å². The third-order valence-electron chi connectivity index (χ3n) is 11.6. The number of carbonyl (C=O) groups is 2. The number of nitrogens with two attached hydrogens (primary N) is 1. The number of primary amides is 1. The molecule has 3 aromatic rings. The topological polar surface area (TPSA) is 104 Å². The van der Waals surface area contributed by atoms with Crippen molar-refractivity contribution in [2.75, 3.05) is 19.6 Å². The van der Waals surface area contributed by atoms with E-state index in [1.54, 1.807) is 0 Å². The van der Waals surface area contributed by atoms with Crippen LogP contribution < -0.4 is 5.73 Å². The third-order valence-corrected chi connectivity index (χ3v) is 11.6. The number of ketones is 1. The van der Waals surface area contributed by atoms with Gasteiger partial charge in [-0.2, -0.15) is 0 Å². The molecule has 4 N–H and O–H groups in total. The van der Waals surface area contributed by atoms with Gasteiger partial charge in [-0.1, -0.05) is 85.3 Å². The summed E-state index contributed by atoms with van der Waals surface area (Å²) in [6.45, 7) is 6.40. The Kier molecular flexibility index (Phi) is 9.84. The fourth-order valence-electron chi connectivity index (χ4n) is 8.64. The predicted molar refractivity (Wildman–Crippen MR) is 187 cm³/mol. The van der Waals surface area contributed by atoms with Crippen molar-refractivity contribution >= 4 is 11.7 Å².